The molecule has 1 unspecified atom stereocenters. The Kier molecular flexibility index (Phi) is 4.67. The number of aryl methyl sites for hydroxylation is 2. The Morgan fingerprint density at radius 2 is 2.24 bits per heavy atom. The number of halogens is 1. The number of hydrogen-bond donors (Lipinski definition) is 2. The first-order valence-electron chi connectivity index (χ1n) is 6.78. The summed E-state index contributed by atoms with van der Waals surface area (Å²) in [5, 5.41) is 16.2. The first-order valence-corrected chi connectivity index (χ1v) is 7.15. The third kappa shape index (κ3) is 4.07. The van der Waals surface area contributed by atoms with Gasteiger partial charge in [0.15, 0.2) is 0 Å². The summed E-state index contributed by atoms with van der Waals surface area (Å²) >= 11 is 6.07. The number of amides is 1. The summed E-state index contributed by atoms with van der Waals surface area (Å²) in [6.07, 6.45) is 4.86. The molecule has 2 rings (SSSR count). The van der Waals surface area contributed by atoms with Crippen molar-refractivity contribution in [3.63, 3.8) is 0 Å². The lowest BCUT2D eigenvalue weighted by Gasteiger charge is -2.14. The van der Waals surface area contributed by atoms with E-state index >= 15 is 0 Å². The number of aromatic nitrogens is 2. The van der Waals surface area contributed by atoms with Gasteiger partial charge in [0, 0.05) is 24.7 Å². The third-order valence-electron chi connectivity index (χ3n) is 3.51. The molecule has 0 aromatic carbocycles. The van der Waals surface area contributed by atoms with Crippen molar-refractivity contribution in [2.75, 3.05) is 0 Å². The van der Waals surface area contributed by atoms with E-state index < -0.39 is 5.97 Å². The number of carboxylic acid groups (broad SMARTS) is 1. The van der Waals surface area contributed by atoms with Crippen molar-refractivity contribution in [1.29, 1.82) is 0 Å². The molecule has 1 aromatic heterocycles. The molecule has 1 aliphatic carbocycles. The fourth-order valence-electron chi connectivity index (χ4n) is 2.25. The van der Waals surface area contributed by atoms with Crippen LogP contribution in [-0.4, -0.2) is 32.8 Å². The number of rotatable bonds is 6. The van der Waals surface area contributed by atoms with Crippen molar-refractivity contribution in [1.82, 2.24) is 15.1 Å². The first-order chi connectivity index (χ1) is 9.88. The van der Waals surface area contributed by atoms with E-state index in [1.807, 2.05) is 0 Å². The van der Waals surface area contributed by atoms with Crippen LogP contribution in [0.25, 0.3) is 6.08 Å². The molecule has 1 aromatic rings. The molecule has 1 heterocycles. The van der Waals surface area contributed by atoms with Crippen molar-refractivity contribution < 1.29 is 14.7 Å². The Morgan fingerprint density at radius 3 is 2.71 bits per heavy atom. The molecule has 1 fully saturated rings. The first kappa shape index (κ1) is 15.6. The van der Waals surface area contributed by atoms with Gasteiger partial charge in [0.25, 0.3) is 0 Å². The molecular weight excluding hydrogens is 294 g/mol. The standard InChI is InChI=1S/C14H18ClN3O3/c1-8-10(14(15)18(2)17-8)5-6-12(19)16-11(7-13(20)21)9-3-4-9/h5-6,9,11H,3-4,7H2,1-2H3,(H,16,19)(H,20,21)/b6-5+. The second kappa shape index (κ2) is 6.30. The van der Waals surface area contributed by atoms with Crippen molar-refractivity contribution in [2.24, 2.45) is 13.0 Å². The van der Waals surface area contributed by atoms with Gasteiger partial charge in [0.05, 0.1) is 12.1 Å². The lowest BCUT2D eigenvalue weighted by Crippen LogP contribution is -2.37. The van der Waals surface area contributed by atoms with Crippen LogP contribution in [0.2, 0.25) is 5.15 Å². The molecule has 21 heavy (non-hydrogen) atoms. The molecular formula is C14H18ClN3O3. The molecule has 0 spiro atoms. The van der Waals surface area contributed by atoms with E-state index in [2.05, 4.69) is 10.4 Å². The van der Waals surface area contributed by atoms with Crippen molar-refractivity contribution in [3.05, 3.63) is 22.5 Å². The van der Waals surface area contributed by atoms with E-state index in [4.69, 9.17) is 16.7 Å². The van der Waals surface area contributed by atoms with E-state index in [9.17, 15) is 9.59 Å². The molecule has 2 N–H and O–H groups in total. The van der Waals surface area contributed by atoms with Crippen LogP contribution in [0.15, 0.2) is 6.08 Å². The van der Waals surface area contributed by atoms with Crippen LogP contribution >= 0.6 is 11.6 Å². The highest BCUT2D eigenvalue weighted by molar-refractivity contribution is 6.31. The number of aliphatic carboxylic acids is 1. The largest absolute Gasteiger partial charge is 0.481 e. The Labute approximate surface area is 127 Å². The summed E-state index contributed by atoms with van der Waals surface area (Å²) < 4.78 is 1.53. The number of nitrogens with one attached hydrogen (secondary N) is 1. The molecule has 1 aliphatic rings. The Morgan fingerprint density at radius 1 is 1.57 bits per heavy atom. The van der Waals surface area contributed by atoms with E-state index in [1.165, 1.54) is 10.8 Å². The van der Waals surface area contributed by atoms with Crippen molar-refractivity contribution >= 4 is 29.6 Å². The minimum Gasteiger partial charge on any atom is -0.481 e. The number of carboxylic acids is 1. The monoisotopic (exact) mass is 311 g/mol. The second-order valence-electron chi connectivity index (χ2n) is 5.30. The molecule has 7 heteroatoms. The van der Waals surface area contributed by atoms with Crippen LogP contribution in [0.1, 0.15) is 30.5 Å². The molecule has 1 saturated carbocycles. The molecule has 0 bridgehead atoms. The molecule has 0 saturated heterocycles. The number of hydrogen-bond acceptors (Lipinski definition) is 3. The summed E-state index contributed by atoms with van der Waals surface area (Å²) in [5.41, 5.74) is 1.42. The van der Waals surface area contributed by atoms with Gasteiger partial charge < -0.3 is 10.4 Å². The predicted octanol–water partition coefficient (Wildman–Crippen LogP) is 1.76. The summed E-state index contributed by atoms with van der Waals surface area (Å²) in [6.45, 7) is 1.81. The lowest BCUT2D eigenvalue weighted by atomic mass is 10.1. The number of carbonyl (C=O) groups excluding carboxylic acids is 1. The molecule has 0 radical (unpaired) electrons. The minimum atomic E-state index is -0.901. The van der Waals surface area contributed by atoms with E-state index in [0.717, 1.165) is 18.5 Å². The molecule has 6 nitrogen and oxygen atoms in total. The highest BCUT2D eigenvalue weighted by Gasteiger charge is 2.33. The smallest absolute Gasteiger partial charge is 0.305 e. The van der Waals surface area contributed by atoms with Gasteiger partial charge in [-0.25, -0.2) is 0 Å². The van der Waals surface area contributed by atoms with Crippen LogP contribution in [0, 0.1) is 12.8 Å². The normalized spacial score (nSPS) is 16.1. The number of nitrogens with zero attached hydrogens (tertiary/aromatic N) is 2. The van der Waals surface area contributed by atoms with E-state index in [0.29, 0.717) is 10.7 Å². The van der Waals surface area contributed by atoms with Crippen molar-refractivity contribution in [2.45, 2.75) is 32.2 Å². The Hall–Kier alpha value is -1.82. The average Bonchev–Trinajstić information content (AvgIpc) is 3.17. The second-order valence-corrected chi connectivity index (χ2v) is 5.66. The van der Waals surface area contributed by atoms with Gasteiger partial charge in [-0.2, -0.15) is 5.10 Å². The van der Waals surface area contributed by atoms with Crippen molar-refractivity contribution in [3.8, 4) is 0 Å². The summed E-state index contributed by atoms with van der Waals surface area (Å²) in [6, 6.07) is -0.301. The minimum absolute atomic E-state index is 0.0447. The zero-order valence-corrected chi connectivity index (χ0v) is 12.7. The zero-order valence-electron chi connectivity index (χ0n) is 12.0. The van der Waals surface area contributed by atoms with Gasteiger partial charge in [0.1, 0.15) is 5.15 Å². The van der Waals surface area contributed by atoms with Crippen LogP contribution < -0.4 is 5.32 Å². The Balaban J connectivity index is 2.00. The fourth-order valence-corrected chi connectivity index (χ4v) is 2.49. The summed E-state index contributed by atoms with van der Waals surface area (Å²) in [5.74, 6) is -0.933. The molecule has 1 amide bonds. The molecule has 114 valence electrons. The maximum Gasteiger partial charge on any atom is 0.305 e. The lowest BCUT2D eigenvalue weighted by molar-refractivity contribution is -0.137. The van der Waals surface area contributed by atoms with E-state index in [-0.39, 0.29) is 24.3 Å². The summed E-state index contributed by atoms with van der Waals surface area (Å²) in [4.78, 5) is 22.7. The predicted molar refractivity (Wildman–Crippen MR) is 78.9 cm³/mol. The van der Waals surface area contributed by atoms with Crippen LogP contribution in [0.4, 0.5) is 0 Å². The van der Waals surface area contributed by atoms with Crippen LogP contribution in [0.3, 0.4) is 0 Å². The maximum atomic E-state index is 11.9. The van der Waals surface area contributed by atoms with Crippen LogP contribution in [-0.2, 0) is 16.6 Å². The van der Waals surface area contributed by atoms with Gasteiger partial charge >= 0.3 is 5.97 Å². The Bertz CT molecular complexity index is 591. The van der Waals surface area contributed by atoms with E-state index in [1.54, 1.807) is 20.0 Å². The number of carbonyl (C=O) groups is 2. The summed E-state index contributed by atoms with van der Waals surface area (Å²) in [7, 11) is 1.72. The zero-order chi connectivity index (χ0) is 15.6. The van der Waals surface area contributed by atoms with Gasteiger partial charge in [-0.15, -0.1) is 0 Å². The SMILES string of the molecule is Cc1nn(C)c(Cl)c1/C=C/C(=O)NC(CC(=O)O)C1CC1. The van der Waals surface area contributed by atoms with Gasteiger partial charge in [-0.3, -0.25) is 14.3 Å². The quantitative estimate of drug-likeness (QED) is 0.784. The third-order valence-corrected chi connectivity index (χ3v) is 3.96. The van der Waals surface area contributed by atoms with Gasteiger partial charge in [-0.1, -0.05) is 11.6 Å². The fraction of sp³-hybridized carbons (Fsp3) is 0.500. The molecule has 0 aliphatic heterocycles. The maximum absolute atomic E-state index is 11.9. The average molecular weight is 312 g/mol. The van der Waals surface area contributed by atoms with Gasteiger partial charge in [0.2, 0.25) is 5.91 Å². The highest BCUT2D eigenvalue weighted by Crippen LogP contribution is 2.34. The topological polar surface area (TPSA) is 84.2 Å². The van der Waals surface area contributed by atoms with Gasteiger partial charge in [-0.05, 0) is 31.8 Å². The molecule has 1 atom stereocenters. The highest BCUT2D eigenvalue weighted by atomic mass is 35.5. The van der Waals surface area contributed by atoms with Crippen LogP contribution in [0.5, 0.6) is 0 Å².